The lowest BCUT2D eigenvalue weighted by molar-refractivity contribution is -0.137. The Bertz CT molecular complexity index is 880. The molecule has 0 fully saturated rings. The number of alkyl halides is 3. The molecule has 0 aliphatic carbocycles. The van der Waals surface area contributed by atoms with Crippen LogP contribution in [0.1, 0.15) is 34.6 Å². The molecular weight excluding hydrogens is 365 g/mol. The van der Waals surface area contributed by atoms with E-state index in [0.29, 0.717) is 0 Å². The van der Waals surface area contributed by atoms with Crippen LogP contribution in [0, 0.1) is 0 Å². The molecule has 0 spiro atoms. The standard InChI is InChI=1S/C17H19F3N4O3/c1-10(11-7-12(17(18,19)20)9-13(21)8-11)22-16(26)14-3-4-15(25)24(23-14)5-6-27-2/h3-4,7-10H,5-6,21H2,1-2H3,(H,22,26)/t10-/m1/s1. The van der Waals surface area contributed by atoms with Gasteiger partial charge in [-0.25, -0.2) is 4.68 Å². The smallest absolute Gasteiger partial charge is 0.399 e. The third-order valence-corrected chi connectivity index (χ3v) is 3.76. The molecule has 0 aliphatic heterocycles. The molecule has 27 heavy (non-hydrogen) atoms. The van der Waals surface area contributed by atoms with Gasteiger partial charge in [0.05, 0.1) is 24.8 Å². The minimum absolute atomic E-state index is 0.0440. The molecule has 7 nitrogen and oxygen atoms in total. The summed E-state index contributed by atoms with van der Waals surface area (Å²) >= 11 is 0. The van der Waals surface area contributed by atoms with Gasteiger partial charge in [0, 0.05) is 18.9 Å². The predicted molar refractivity (Wildman–Crippen MR) is 92.1 cm³/mol. The number of ether oxygens (including phenoxy) is 1. The van der Waals surface area contributed by atoms with Gasteiger partial charge in [0.1, 0.15) is 5.69 Å². The fraction of sp³-hybridized carbons (Fsp3) is 0.353. The van der Waals surface area contributed by atoms with Crippen molar-refractivity contribution in [2.45, 2.75) is 25.7 Å². The van der Waals surface area contributed by atoms with Crippen LogP contribution in [0.3, 0.4) is 0 Å². The van der Waals surface area contributed by atoms with Gasteiger partial charge in [0.15, 0.2) is 0 Å². The number of anilines is 1. The van der Waals surface area contributed by atoms with Crippen LogP contribution in [0.4, 0.5) is 18.9 Å². The fourth-order valence-electron chi connectivity index (χ4n) is 2.35. The summed E-state index contributed by atoms with van der Waals surface area (Å²) in [5.41, 5.74) is 4.34. The molecule has 0 unspecified atom stereocenters. The monoisotopic (exact) mass is 384 g/mol. The van der Waals surface area contributed by atoms with Crippen LogP contribution in [0.15, 0.2) is 35.1 Å². The molecule has 10 heteroatoms. The number of nitrogens with two attached hydrogens (primary N) is 1. The van der Waals surface area contributed by atoms with Crippen molar-refractivity contribution in [1.82, 2.24) is 15.1 Å². The number of nitrogen functional groups attached to an aromatic ring is 1. The van der Waals surface area contributed by atoms with E-state index < -0.39 is 29.2 Å². The highest BCUT2D eigenvalue weighted by atomic mass is 19.4. The number of carbonyl (C=O) groups excluding carboxylic acids is 1. The van der Waals surface area contributed by atoms with Gasteiger partial charge in [-0.05, 0) is 36.8 Å². The van der Waals surface area contributed by atoms with Crippen molar-refractivity contribution in [2.24, 2.45) is 0 Å². The number of methoxy groups -OCH3 is 1. The second-order valence-electron chi connectivity index (χ2n) is 5.85. The van der Waals surface area contributed by atoms with Gasteiger partial charge in [0.25, 0.3) is 11.5 Å². The molecule has 0 aliphatic rings. The van der Waals surface area contributed by atoms with E-state index in [1.54, 1.807) is 0 Å². The maximum absolute atomic E-state index is 12.9. The molecule has 0 bridgehead atoms. The van der Waals surface area contributed by atoms with E-state index in [1.165, 1.54) is 32.2 Å². The van der Waals surface area contributed by atoms with E-state index in [-0.39, 0.29) is 30.1 Å². The van der Waals surface area contributed by atoms with E-state index in [9.17, 15) is 22.8 Å². The van der Waals surface area contributed by atoms with E-state index in [0.717, 1.165) is 16.8 Å². The lowest BCUT2D eigenvalue weighted by Gasteiger charge is -2.17. The first kappa shape index (κ1) is 20.4. The summed E-state index contributed by atoms with van der Waals surface area (Å²) in [7, 11) is 1.46. The molecule has 1 atom stereocenters. The van der Waals surface area contributed by atoms with Gasteiger partial charge in [-0.3, -0.25) is 9.59 Å². The highest BCUT2D eigenvalue weighted by Gasteiger charge is 2.31. The van der Waals surface area contributed by atoms with Crippen LogP contribution < -0.4 is 16.6 Å². The van der Waals surface area contributed by atoms with Crippen LogP contribution >= 0.6 is 0 Å². The van der Waals surface area contributed by atoms with E-state index in [1.807, 2.05) is 0 Å². The summed E-state index contributed by atoms with van der Waals surface area (Å²) in [4.78, 5) is 24.1. The highest BCUT2D eigenvalue weighted by molar-refractivity contribution is 5.92. The zero-order valence-corrected chi connectivity index (χ0v) is 14.7. The Balaban J connectivity index is 2.21. The fourth-order valence-corrected chi connectivity index (χ4v) is 2.35. The number of aromatic nitrogens is 2. The zero-order valence-electron chi connectivity index (χ0n) is 14.7. The SMILES string of the molecule is COCCn1nc(C(=O)N[C@H](C)c2cc(N)cc(C(F)(F)F)c2)ccc1=O. The molecule has 2 aromatic rings. The van der Waals surface area contributed by atoms with Crippen molar-refractivity contribution in [2.75, 3.05) is 19.5 Å². The topological polar surface area (TPSA) is 99.2 Å². The number of carbonyl (C=O) groups is 1. The van der Waals surface area contributed by atoms with Crippen molar-refractivity contribution in [3.05, 3.63) is 57.5 Å². The average Bonchev–Trinajstić information content (AvgIpc) is 2.59. The zero-order chi connectivity index (χ0) is 20.2. The minimum Gasteiger partial charge on any atom is -0.399 e. The number of nitrogens with one attached hydrogen (secondary N) is 1. The van der Waals surface area contributed by atoms with Gasteiger partial charge in [0.2, 0.25) is 0 Å². The van der Waals surface area contributed by atoms with E-state index in [4.69, 9.17) is 10.5 Å². The first-order chi connectivity index (χ1) is 12.6. The Morgan fingerprint density at radius 3 is 2.67 bits per heavy atom. The van der Waals surface area contributed by atoms with Crippen molar-refractivity contribution < 1.29 is 22.7 Å². The molecule has 0 saturated heterocycles. The number of nitrogens with zero attached hydrogens (tertiary/aromatic N) is 2. The minimum atomic E-state index is -4.55. The number of amides is 1. The first-order valence-corrected chi connectivity index (χ1v) is 7.97. The molecule has 1 heterocycles. The van der Waals surface area contributed by atoms with Crippen LogP contribution in [-0.4, -0.2) is 29.4 Å². The quantitative estimate of drug-likeness (QED) is 0.742. The Hall–Kier alpha value is -2.88. The summed E-state index contributed by atoms with van der Waals surface area (Å²) in [6.07, 6.45) is -4.55. The number of rotatable bonds is 6. The predicted octanol–water partition coefficient (Wildman–Crippen LogP) is 1.98. The first-order valence-electron chi connectivity index (χ1n) is 7.97. The summed E-state index contributed by atoms with van der Waals surface area (Å²) in [6, 6.07) is 4.77. The number of halogens is 3. The second kappa shape index (κ2) is 8.21. The molecule has 1 aromatic carbocycles. The molecule has 1 aromatic heterocycles. The molecule has 2 rings (SSSR count). The largest absolute Gasteiger partial charge is 0.416 e. The van der Waals surface area contributed by atoms with Gasteiger partial charge in [-0.15, -0.1) is 0 Å². The van der Waals surface area contributed by atoms with Gasteiger partial charge >= 0.3 is 6.18 Å². The molecule has 146 valence electrons. The average molecular weight is 384 g/mol. The van der Waals surface area contributed by atoms with Gasteiger partial charge < -0.3 is 15.8 Å². The summed E-state index contributed by atoms with van der Waals surface area (Å²) in [6.45, 7) is 1.92. The maximum atomic E-state index is 12.9. The lowest BCUT2D eigenvalue weighted by atomic mass is 10.0. The molecule has 3 N–H and O–H groups in total. The van der Waals surface area contributed by atoms with Gasteiger partial charge in [-0.1, -0.05) is 0 Å². The number of hydrogen-bond donors (Lipinski definition) is 2. The van der Waals surface area contributed by atoms with Crippen LogP contribution in [0.2, 0.25) is 0 Å². The molecule has 1 amide bonds. The van der Waals surface area contributed by atoms with Crippen molar-refractivity contribution in [1.29, 1.82) is 0 Å². The van der Waals surface area contributed by atoms with E-state index >= 15 is 0 Å². The Morgan fingerprint density at radius 2 is 2.04 bits per heavy atom. The van der Waals surface area contributed by atoms with Crippen molar-refractivity contribution >= 4 is 11.6 Å². The molecule has 0 saturated carbocycles. The summed E-state index contributed by atoms with van der Waals surface area (Å²) in [5.74, 6) is -0.635. The van der Waals surface area contributed by atoms with Crippen LogP contribution in [0.25, 0.3) is 0 Å². The Morgan fingerprint density at radius 1 is 1.33 bits per heavy atom. The van der Waals surface area contributed by atoms with E-state index in [2.05, 4.69) is 10.4 Å². The third-order valence-electron chi connectivity index (χ3n) is 3.76. The Labute approximate surface area is 152 Å². The Kier molecular flexibility index (Phi) is 6.21. The van der Waals surface area contributed by atoms with Crippen LogP contribution in [0.5, 0.6) is 0 Å². The van der Waals surface area contributed by atoms with Crippen LogP contribution in [-0.2, 0) is 17.5 Å². The number of hydrogen-bond acceptors (Lipinski definition) is 5. The van der Waals surface area contributed by atoms with Crippen molar-refractivity contribution in [3.8, 4) is 0 Å². The number of benzene rings is 1. The summed E-state index contributed by atoms with van der Waals surface area (Å²) in [5, 5.41) is 6.49. The normalized spacial score (nSPS) is 12.6. The lowest BCUT2D eigenvalue weighted by Crippen LogP contribution is -2.32. The molecular formula is C17H19F3N4O3. The second-order valence-corrected chi connectivity index (χ2v) is 5.85. The third kappa shape index (κ3) is 5.30. The molecule has 0 radical (unpaired) electrons. The highest BCUT2D eigenvalue weighted by Crippen LogP contribution is 2.32. The maximum Gasteiger partial charge on any atom is 0.416 e. The van der Waals surface area contributed by atoms with Gasteiger partial charge in [-0.2, -0.15) is 18.3 Å². The summed E-state index contributed by atoms with van der Waals surface area (Å²) < 4.78 is 44.7. The van der Waals surface area contributed by atoms with Crippen molar-refractivity contribution in [3.63, 3.8) is 0 Å².